The van der Waals surface area contributed by atoms with Gasteiger partial charge in [-0.1, -0.05) is 31.9 Å². The predicted octanol–water partition coefficient (Wildman–Crippen LogP) is 3.71. The van der Waals surface area contributed by atoms with Crippen LogP contribution in [0.2, 0.25) is 5.02 Å². The summed E-state index contributed by atoms with van der Waals surface area (Å²) < 4.78 is 0. The van der Waals surface area contributed by atoms with Crippen LogP contribution in [-0.2, 0) is 6.42 Å². The van der Waals surface area contributed by atoms with Crippen LogP contribution in [0.15, 0.2) is 18.3 Å². The minimum Gasteiger partial charge on any atom is -0.260 e. The topological polar surface area (TPSA) is 12.9 Å². The second-order valence-electron chi connectivity index (χ2n) is 3.48. The minimum absolute atomic E-state index is 0.762. The first kappa shape index (κ1) is 10.5. The standard InChI is InChI=1S/C11H16ClN/c1-3-9(2)6-7-11-10(12)5-4-8-13-11/h4-5,8-9H,3,6-7H2,1-2H3. The molecule has 0 spiro atoms. The van der Waals surface area contributed by atoms with E-state index in [9.17, 15) is 0 Å². The van der Waals surface area contributed by atoms with Crippen LogP contribution in [0, 0.1) is 5.92 Å². The molecular formula is C11H16ClN. The summed E-state index contributed by atoms with van der Waals surface area (Å²) in [7, 11) is 0. The summed E-state index contributed by atoms with van der Waals surface area (Å²) in [6.07, 6.45) is 5.20. The van der Waals surface area contributed by atoms with Crippen LogP contribution in [0.4, 0.5) is 0 Å². The Kier molecular flexibility index (Phi) is 4.23. The second kappa shape index (κ2) is 5.23. The fourth-order valence-electron chi connectivity index (χ4n) is 1.19. The van der Waals surface area contributed by atoms with E-state index in [2.05, 4.69) is 18.8 Å². The Morgan fingerprint density at radius 1 is 1.54 bits per heavy atom. The van der Waals surface area contributed by atoms with Crippen molar-refractivity contribution in [2.75, 3.05) is 0 Å². The van der Waals surface area contributed by atoms with Gasteiger partial charge in [0.15, 0.2) is 0 Å². The average molecular weight is 198 g/mol. The number of pyridine rings is 1. The van der Waals surface area contributed by atoms with Crippen LogP contribution >= 0.6 is 11.6 Å². The summed E-state index contributed by atoms with van der Waals surface area (Å²) in [5, 5.41) is 0.797. The third-order valence-electron chi connectivity index (χ3n) is 2.41. The van der Waals surface area contributed by atoms with Crippen LogP contribution in [0.5, 0.6) is 0 Å². The molecule has 1 heterocycles. The van der Waals surface area contributed by atoms with Crippen LogP contribution in [0.1, 0.15) is 32.4 Å². The van der Waals surface area contributed by atoms with Crippen molar-refractivity contribution in [2.45, 2.75) is 33.1 Å². The maximum absolute atomic E-state index is 5.99. The van der Waals surface area contributed by atoms with Gasteiger partial charge in [0.25, 0.3) is 0 Å². The number of hydrogen-bond donors (Lipinski definition) is 0. The van der Waals surface area contributed by atoms with Gasteiger partial charge >= 0.3 is 0 Å². The average Bonchev–Trinajstić information content (AvgIpc) is 2.16. The zero-order chi connectivity index (χ0) is 9.68. The van der Waals surface area contributed by atoms with Gasteiger partial charge in [-0.3, -0.25) is 4.98 Å². The van der Waals surface area contributed by atoms with E-state index in [1.807, 2.05) is 12.1 Å². The van der Waals surface area contributed by atoms with Gasteiger partial charge in [-0.2, -0.15) is 0 Å². The summed E-state index contributed by atoms with van der Waals surface area (Å²) in [6, 6.07) is 3.77. The number of aryl methyl sites for hydroxylation is 1. The summed E-state index contributed by atoms with van der Waals surface area (Å²) in [5.41, 5.74) is 1.03. The molecule has 1 nitrogen and oxygen atoms in total. The molecule has 1 unspecified atom stereocenters. The highest BCUT2D eigenvalue weighted by molar-refractivity contribution is 6.31. The molecule has 1 atom stereocenters. The van der Waals surface area contributed by atoms with Gasteiger partial charge in [-0.05, 0) is 30.9 Å². The van der Waals surface area contributed by atoms with Crippen molar-refractivity contribution in [2.24, 2.45) is 5.92 Å². The number of aromatic nitrogens is 1. The Bertz CT molecular complexity index is 260. The van der Waals surface area contributed by atoms with E-state index in [-0.39, 0.29) is 0 Å². The molecule has 0 fully saturated rings. The first-order valence-corrected chi connectivity index (χ1v) is 5.21. The molecule has 0 aliphatic heterocycles. The molecule has 1 aromatic rings. The van der Waals surface area contributed by atoms with Gasteiger partial charge in [0.2, 0.25) is 0 Å². The molecule has 0 saturated carbocycles. The number of nitrogens with zero attached hydrogens (tertiary/aromatic N) is 1. The molecule has 72 valence electrons. The molecule has 1 aromatic heterocycles. The largest absolute Gasteiger partial charge is 0.260 e. The summed E-state index contributed by atoms with van der Waals surface area (Å²) >= 11 is 5.99. The van der Waals surface area contributed by atoms with E-state index >= 15 is 0 Å². The molecule has 0 aromatic carbocycles. The van der Waals surface area contributed by atoms with Gasteiger partial charge in [0, 0.05) is 6.20 Å². The summed E-state index contributed by atoms with van der Waals surface area (Å²) in [6.45, 7) is 4.47. The van der Waals surface area contributed by atoms with Gasteiger partial charge in [0.05, 0.1) is 10.7 Å². The molecule has 0 bridgehead atoms. The lowest BCUT2D eigenvalue weighted by molar-refractivity contribution is 0.513. The first-order valence-electron chi connectivity index (χ1n) is 4.83. The van der Waals surface area contributed by atoms with Crippen molar-refractivity contribution in [3.05, 3.63) is 29.0 Å². The van der Waals surface area contributed by atoms with Crippen molar-refractivity contribution in [3.63, 3.8) is 0 Å². The van der Waals surface area contributed by atoms with Crippen LogP contribution < -0.4 is 0 Å². The molecule has 2 heteroatoms. The molecular weight excluding hydrogens is 182 g/mol. The fourth-order valence-corrected chi connectivity index (χ4v) is 1.41. The molecule has 13 heavy (non-hydrogen) atoms. The minimum atomic E-state index is 0.762. The maximum Gasteiger partial charge on any atom is 0.0621 e. The van der Waals surface area contributed by atoms with Crippen molar-refractivity contribution in [1.82, 2.24) is 4.98 Å². The Morgan fingerprint density at radius 2 is 2.31 bits per heavy atom. The lowest BCUT2D eigenvalue weighted by Crippen LogP contribution is -1.97. The van der Waals surface area contributed by atoms with Gasteiger partial charge in [0.1, 0.15) is 0 Å². The highest BCUT2D eigenvalue weighted by atomic mass is 35.5. The lowest BCUT2D eigenvalue weighted by atomic mass is 10.0. The van der Waals surface area contributed by atoms with E-state index in [4.69, 9.17) is 11.6 Å². The fraction of sp³-hybridized carbons (Fsp3) is 0.545. The van der Waals surface area contributed by atoms with Crippen LogP contribution in [0.3, 0.4) is 0 Å². The molecule has 1 rings (SSSR count). The first-order chi connectivity index (χ1) is 6.24. The monoisotopic (exact) mass is 197 g/mol. The van der Waals surface area contributed by atoms with E-state index in [0.29, 0.717) is 0 Å². The number of hydrogen-bond acceptors (Lipinski definition) is 1. The van der Waals surface area contributed by atoms with E-state index < -0.39 is 0 Å². The molecule has 0 radical (unpaired) electrons. The number of rotatable bonds is 4. The predicted molar refractivity (Wildman–Crippen MR) is 57.0 cm³/mol. The van der Waals surface area contributed by atoms with E-state index in [1.165, 1.54) is 12.8 Å². The van der Waals surface area contributed by atoms with E-state index in [0.717, 1.165) is 23.1 Å². The van der Waals surface area contributed by atoms with Gasteiger partial charge in [-0.15, -0.1) is 0 Å². The molecule has 0 amide bonds. The van der Waals surface area contributed by atoms with Crippen molar-refractivity contribution in [1.29, 1.82) is 0 Å². The smallest absolute Gasteiger partial charge is 0.0621 e. The quantitative estimate of drug-likeness (QED) is 0.717. The van der Waals surface area contributed by atoms with Crippen molar-refractivity contribution >= 4 is 11.6 Å². The summed E-state index contributed by atoms with van der Waals surface area (Å²) in [4.78, 5) is 4.25. The molecule has 0 aliphatic carbocycles. The Morgan fingerprint density at radius 3 is 2.92 bits per heavy atom. The van der Waals surface area contributed by atoms with Crippen LogP contribution in [-0.4, -0.2) is 4.98 Å². The SMILES string of the molecule is CCC(C)CCc1ncccc1Cl. The zero-order valence-corrected chi connectivity index (χ0v) is 9.01. The molecule has 0 N–H and O–H groups in total. The zero-order valence-electron chi connectivity index (χ0n) is 8.26. The van der Waals surface area contributed by atoms with Crippen molar-refractivity contribution in [3.8, 4) is 0 Å². The molecule has 0 saturated heterocycles. The Labute approximate surface area is 85.1 Å². The summed E-state index contributed by atoms with van der Waals surface area (Å²) in [5.74, 6) is 0.762. The Hall–Kier alpha value is -0.560. The normalized spacial score (nSPS) is 12.8. The second-order valence-corrected chi connectivity index (χ2v) is 3.89. The lowest BCUT2D eigenvalue weighted by Gasteiger charge is -2.07. The van der Waals surface area contributed by atoms with Crippen LogP contribution in [0.25, 0.3) is 0 Å². The van der Waals surface area contributed by atoms with E-state index in [1.54, 1.807) is 6.20 Å². The maximum atomic E-state index is 5.99. The highest BCUT2D eigenvalue weighted by Gasteiger charge is 2.03. The number of halogens is 1. The third-order valence-corrected chi connectivity index (χ3v) is 2.75. The highest BCUT2D eigenvalue weighted by Crippen LogP contribution is 2.17. The Balaban J connectivity index is 2.50. The molecule has 0 aliphatic rings. The van der Waals surface area contributed by atoms with Gasteiger partial charge < -0.3 is 0 Å². The third kappa shape index (κ3) is 3.35. The van der Waals surface area contributed by atoms with Gasteiger partial charge in [-0.25, -0.2) is 0 Å². The van der Waals surface area contributed by atoms with Crippen molar-refractivity contribution < 1.29 is 0 Å².